The summed E-state index contributed by atoms with van der Waals surface area (Å²) >= 11 is 0. The molecule has 0 bridgehead atoms. The molecule has 1 aliphatic rings. The van der Waals surface area contributed by atoms with E-state index in [2.05, 4.69) is 29.7 Å². The molecular formula is C18H20N6O. The number of aromatic nitrogens is 4. The highest BCUT2D eigenvalue weighted by atomic mass is 16.3. The van der Waals surface area contributed by atoms with Crippen molar-refractivity contribution < 1.29 is 4.42 Å². The lowest BCUT2D eigenvalue weighted by molar-refractivity contribution is 0.246. The number of rotatable bonds is 4. The number of aryl methyl sites for hydroxylation is 1. The van der Waals surface area contributed by atoms with Crippen LogP contribution in [-0.4, -0.2) is 51.0 Å². The second-order valence-corrected chi connectivity index (χ2v) is 6.08. The lowest BCUT2D eigenvalue weighted by Gasteiger charge is -2.34. The van der Waals surface area contributed by atoms with E-state index in [4.69, 9.17) is 4.42 Å². The minimum Gasteiger partial charge on any atom is -0.449 e. The minimum absolute atomic E-state index is 0.716. The van der Waals surface area contributed by atoms with Crippen molar-refractivity contribution in [3.05, 3.63) is 54.5 Å². The molecule has 7 heteroatoms. The smallest absolute Gasteiger partial charge is 0.225 e. The zero-order valence-electron chi connectivity index (χ0n) is 14.2. The van der Waals surface area contributed by atoms with Crippen LogP contribution >= 0.6 is 0 Å². The normalized spacial score (nSPS) is 15.5. The number of oxazole rings is 1. The van der Waals surface area contributed by atoms with Crippen LogP contribution in [-0.2, 0) is 6.54 Å². The maximum Gasteiger partial charge on any atom is 0.225 e. The van der Waals surface area contributed by atoms with Gasteiger partial charge in [0.1, 0.15) is 6.26 Å². The van der Waals surface area contributed by atoms with Gasteiger partial charge in [-0.3, -0.25) is 9.88 Å². The maximum absolute atomic E-state index is 5.28. The number of nitrogens with zero attached hydrogens (tertiary/aromatic N) is 6. The van der Waals surface area contributed by atoms with E-state index >= 15 is 0 Å². The van der Waals surface area contributed by atoms with Crippen molar-refractivity contribution in [3.63, 3.8) is 0 Å². The summed E-state index contributed by atoms with van der Waals surface area (Å²) in [6.45, 7) is 6.37. The van der Waals surface area contributed by atoms with Crippen molar-refractivity contribution in [2.24, 2.45) is 0 Å². The number of anilines is 1. The van der Waals surface area contributed by atoms with E-state index in [0.717, 1.165) is 55.8 Å². The Labute approximate surface area is 146 Å². The number of hydrogen-bond donors (Lipinski definition) is 0. The molecule has 1 saturated heterocycles. The van der Waals surface area contributed by atoms with Crippen LogP contribution in [0.15, 0.2) is 47.3 Å². The number of piperazine rings is 1. The Hall–Kier alpha value is -2.80. The molecule has 0 N–H and O–H groups in total. The van der Waals surface area contributed by atoms with Crippen molar-refractivity contribution in [1.82, 2.24) is 24.8 Å². The van der Waals surface area contributed by atoms with E-state index in [1.165, 1.54) is 0 Å². The highest BCUT2D eigenvalue weighted by Crippen LogP contribution is 2.18. The predicted octanol–water partition coefficient (Wildman–Crippen LogP) is 2.16. The summed E-state index contributed by atoms with van der Waals surface area (Å²) in [7, 11) is 0. The molecule has 0 saturated carbocycles. The van der Waals surface area contributed by atoms with Crippen LogP contribution in [0.4, 0.5) is 5.95 Å². The molecule has 128 valence electrons. The summed E-state index contributed by atoms with van der Waals surface area (Å²) in [5.41, 5.74) is 2.71. The summed E-state index contributed by atoms with van der Waals surface area (Å²) in [5, 5.41) is 0. The standard InChI is InChI=1S/C18H20N6O/c1-14-21-15(13-25-14)12-23-8-10-24(11-9-23)18-20-7-5-17(22-18)16-4-2-3-6-19-16/h2-7,13H,8-12H2,1H3. The summed E-state index contributed by atoms with van der Waals surface area (Å²) in [6.07, 6.45) is 5.32. The van der Waals surface area contributed by atoms with Crippen molar-refractivity contribution in [2.45, 2.75) is 13.5 Å². The molecule has 0 unspecified atom stereocenters. The third-order valence-electron chi connectivity index (χ3n) is 4.28. The third-order valence-corrected chi connectivity index (χ3v) is 4.28. The Balaban J connectivity index is 1.41. The van der Waals surface area contributed by atoms with Crippen LogP contribution in [0.3, 0.4) is 0 Å². The van der Waals surface area contributed by atoms with Crippen LogP contribution in [0, 0.1) is 6.92 Å². The largest absolute Gasteiger partial charge is 0.449 e. The van der Waals surface area contributed by atoms with Gasteiger partial charge in [-0.15, -0.1) is 0 Å². The van der Waals surface area contributed by atoms with Gasteiger partial charge in [-0.1, -0.05) is 6.07 Å². The molecule has 4 rings (SSSR count). The molecule has 25 heavy (non-hydrogen) atoms. The Morgan fingerprint density at radius 3 is 2.56 bits per heavy atom. The molecule has 0 amide bonds. The minimum atomic E-state index is 0.716. The van der Waals surface area contributed by atoms with Gasteiger partial charge >= 0.3 is 0 Å². The first-order valence-corrected chi connectivity index (χ1v) is 8.41. The molecule has 3 aromatic heterocycles. The fraction of sp³-hybridized carbons (Fsp3) is 0.333. The van der Waals surface area contributed by atoms with Crippen molar-refractivity contribution in [3.8, 4) is 11.4 Å². The molecule has 3 aromatic rings. The molecule has 7 nitrogen and oxygen atoms in total. The summed E-state index contributed by atoms with van der Waals surface area (Å²) < 4.78 is 5.28. The Morgan fingerprint density at radius 1 is 0.960 bits per heavy atom. The van der Waals surface area contributed by atoms with E-state index in [-0.39, 0.29) is 0 Å². The first-order chi connectivity index (χ1) is 12.3. The fourth-order valence-corrected chi connectivity index (χ4v) is 2.97. The average Bonchev–Trinajstić information content (AvgIpc) is 3.08. The highest BCUT2D eigenvalue weighted by Gasteiger charge is 2.20. The fourth-order valence-electron chi connectivity index (χ4n) is 2.97. The van der Waals surface area contributed by atoms with Gasteiger partial charge in [-0.25, -0.2) is 15.0 Å². The molecule has 0 atom stereocenters. The van der Waals surface area contributed by atoms with E-state index in [1.54, 1.807) is 18.7 Å². The van der Waals surface area contributed by atoms with E-state index in [1.807, 2.05) is 31.2 Å². The van der Waals surface area contributed by atoms with E-state index < -0.39 is 0 Å². The SMILES string of the molecule is Cc1nc(CN2CCN(c3nccc(-c4ccccn4)n3)CC2)co1. The number of pyridine rings is 1. The van der Waals surface area contributed by atoms with Crippen LogP contribution in [0.1, 0.15) is 11.6 Å². The molecule has 1 fully saturated rings. The summed E-state index contributed by atoms with van der Waals surface area (Å²) in [5.74, 6) is 1.48. The molecule has 1 aliphatic heterocycles. The molecule has 0 aromatic carbocycles. The zero-order chi connectivity index (χ0) is 17.1. The van der Waals surface area contributed by atoms with E-state index in [9.17, 15) is 0 Å². The number of hydrogen-bond acceptors (Lipinski definition) is 7. The summed E-state index contributed by atoms with van der Waals surface area (Å²) in [6, 6.07) is 7.73. The van der Waals surface area contributed by atoms with Gasteiger partial charge in [0.25, 0.3) is 0 Å². The van der Waals surface area contributed by atoms with Gasteiger partial charge < -0.3 is 9.32 Å². The first-order valence-electron chi connectivity index (χ1n) is 8.41. The lowest BCUT2D eigenvalue weighted by atomic mass is 10.2. The van der Waals surface area contributed by atoms with E-state index in [0.29, 0.717) is 5.89 Å². The van der Waals surface area contributed by atoms with Crippen LogP contribution < -0.4 is 4.90 Å². The Kier molecular flexibility index (Phi) is 4.39. The van der Waals surface area contributed by atoms with Crippen molar-refractivity contribution >= 4 is 5.95 Å². The first kappa shape index (κ1) is 15.7. The highest BCUT2D eigenvalue weighted by molar-refractivity contribution is 5.55. The van der Waals surface area contributed by atoms with Gasteiger partial charge in [0.05, 0.1) is 17.1 Å². The van der Waals surface area contributed by atoms with Crippen LogP contribution in [0.5, 0.6) is 0 Å². The van der Waals surface area contributed by atoms with Gasteiger partial charge in [-0.05, 0) is 18.2 Å². The van der Waals surface area contributed by atoms with Crippen molar-refractivity contribution in [1.29, 1.82) is 0 Å². The average molecular weight is 336 g/mol. The van der Waals surface area contributed by atoms with Crippen LogP contribution in [0.25, 0.3) is 11.4 Å². The molecule has 0 radical (unpaired) electrons. The Morgan fingerprint density at radius 2 is 1.84 bits per heavy atom. The lowest BCUT2D eigenvalue weighted by Crippen LogP contribution is -2.46. The van der Waals surface area contributed by atoms with Crippen LogP contribution in [0.2, 0.25) is 0 Å². The van der Waals surface area contributed by atoms with Gasteiger partial charge in [0, 0.05) is 52.0 Å². The topological polar surface area (TPSA) is 71.2 Å². The molecule has 0 aliphatic carbocycles. The second-order valence-electron chi connectivity index (χ2n) is 6.08. The molecule has 0 spiro atoms. The van der Waals surface area contributed by atoms with Crippen molar-refractivity contribution in [2.75, 3.05) is 31.1 Å². The molecule has 4 heterocycles. The quantitative estimate of drug-likeness (QED) is 0.723. The van der Waals surface area contributed by atoms with Gasteiger partial charge in [0.15, 0.2) is 5.89 Å². The second kappa shape index (κ2) is 6.98. The van der Waals surface area contributed by atoms with Gasteiger partial charge in [0.2, 0.25) is 5.95 Å². The maximum atomic E-state index is 5.28. The summed E-state index contributed by atoms with van der Waals surface area (Å²) in [4.78, 5) is 22.5. The van der Waals surface area contributed by atoms with Gasteiger partial charge in [-0.2, -0.15) is 0 Å². The third kappa shape index (κ3) is 3.66. The zero-order valence-corrected chi connectivity index (χ0v) is 14.2. The Bertz CT molecular complexity index is 826. The molecular weight excluding hydrogens is 316 g/mol. The predicted molar refractivity (Wildman–Crippen MR) is 94.0 cm³/mol. The monoisotopic (exact) mass is 336 g/mol.